The SMILES string of the molecule is CCC(/C=C\c1cccc(Cl)c1)=C\C(=NC)c1ccccn1. The van der Waals surface area contributed by atoms with E-state index in [4.69, 9.17) is 11.6 Å². The van der Waals surface area contributed by atoms with Gasteiger partial charge in [0.25, 0.3) is 0 Å². The van der Waals surface area contributed by atoms with Gasteiger partial charge in [0.2, 0.25) is 0 Å². The summed E-state index contributed by atoms with van der Waals surface area (Å²) in [6.07, 6.45) is 8.93. The lowest BCUT2D eigenvalue weighted by atomic mass is 10.1. The molecule has 0 saturated heterocycles. The second kappa shape index (κ2) is 8.30. The number of halogens is 1. The van der Waals surface area contributed by atoms with E-state index in [-0.39, 0.29) is 0 Å². The maximum absolute atomic E-state index is 6.00. The quantitative estimate of drug-likeness (QED) is 0.550. The van der Waals surface area contributed by atoms with Gasteiger partial charge in [0.15, 0.2) is 0 Å². The fraction of sp³-hybridized carbons (Fsp3) is 0.158. The Balaban J connectivity index is 2.23. The molecule has 2 aromatic rings. The molecule has 2 nitrogen and oxygen atoms in total. The van der Waals surface area contributed by atoms with Gasteiger partial charge < -0.3 is 0 Å². The van der Waals surface area contributed by atoms with E-state index in [0.29, 0.717) is 0 Å². The monoisotopic (exact) mass is 310 g/mol. The second-order valence-corrected chi connectivity index (χ2v) is 5.22. The second-order valence-electron chi connectivity index (χ2n) is 4.78. The molecule has 1 aromatic heterocycles. The highest BCUT2D eigenvalue weighted by Gasteiger charge is 2.01. The van der Waals surface area contributed by atoms with Crippen molar-refractivity contribution in [1.82, 2.24) is 4.98 Å². The van der Waals surface area contributed by atoms with Gasteiger partial charge in [-0.15, -0.1) is 0 Å². The van der Waals surface area contributed by atoms with E-state index in [2.05, 4.69) is 35.1 Å². The lowest BCUT2D eigenvalue weighted by Crippen LogP contribution is -2.00. The minimum Gasteiger partial charge on any atom is -0.286 e. The van der Waals surface area contributed by atoms with Crippen LogP contribution in [0.15, 0.2) is 71.4 Å². The van der Waals surface area contributed by atoms with Gasteiger partial charge in [0.1, 0.15) is 0 Å². The molecule has 22 heavy (non-hydrogen) atoms. The molecule has 0 aliphatic carbocycles. The van der Waals surface area contributed by atoms with Crippen molar-refractivity contribution < 1.29 is 0 Å². The van der Waals surface area contributed by atoms with E-state index < -0.39 is 0 Å². The number of hydrogen-bond donors (Lipinski definition) is 0. The number of aromatic nitrogens is 1. The first-order valence-corrected chi connectivity index (χ1v) is 7.63. The van der Waals surface area contributed by atoms with Gasteiger partial charge in [-0.1, -0.05) is 48.9 Å². The van der Waals surface area contributed by atoms with Gasteiger partial charge in [0.05, 0.1) is 11.4 Å². The van der Waals surface area contributed by atoms with Crippen molar-refractivity contribution in [3.8, 4) is 0 Å². The predicted molar refractivity (Wildman–Crippen MR) is 95.6 cm³/mol. The third kappa shape index (κ3) is 4.68. The fourth-order valence-electron chi connectivity index (χ4n) is 2.02. The number of aliphatic imine (C=N–C) groups is 1. The zero-order valence-electron chi connectivity index (χ0n) is 12.8. The Morgan fingerprint density at radius 3 is 2.73 bits per heavy atom. The van der Waals surface area contributed by atoms with Gasteiger partial charge in [-0.3, -0.25) is 9.98 Å². The summed E-state index contributed by atoms with van der Waals surface area (Å²) in [6, 6.07) is 13.6. The third-order valence-corrected chi connectivity index (χ3v) is 3.47. The number of hydrogen-bond acceptors (Lipinski definition) is 2. The predicted octanol–water partition coefficient (Wildman–Crippen LogP) is 5.20. The molecular formula is C19H19ClN2. The molecule has 112 valence electrons. The number of benzene rings is 1. The Hall–Kier alpha value is -2.19. The van der Waals surface area contributed by atoms with Crippen molar-refractivity contribution in [2.45, 2.75) is 13.3 Å². The van der Waals surface area contributed by atoms with Crippen molar-refractivity contribution in [3.63, 3.8) is 0 Å². The van der Waals surface area contributed by atoms with E-state index in [9.17, 15) is 0 Å². The van der Waals surface area contributed by atoms with Gasteiger partial charge in [-0.2, -0.15) is 0 Å². The van der Waals surface area contributed by atoms with E-state index in [1.54, 1.807) is 13.2 Å². The van der Waals surface area contributed by atoms with Gasteiger partial charge >= 0.3 is 0 Å². The van der Waals surface area contributed by atoms with E-state index in [1.165, 1.54) is 5.57 Å². The van der Waals surface area contributed by atoms with E-state index in [1.807, 2.05) is 42.5 Å². The summed E-state index contributed by atoms with van der Waals surface area (Å²) in [5, 5.41) is 0.744. The Morgan fingerprint density at radius 2 is 2.09 bits per heavy atom. The zero-order chi connectivity index (χ0) is 15.8. The molecule has 0 aliphatic heterocycles. The minimum atomic E-state index is 0.744. The van der Waals surface area contributed by atoms with Crippen LogP contribution in [0.5, 0.6) is 0 Å². The maximum Gasteiger partial charge on any atom is 0.0881 e. The Labute approximate surface area is 136 Å². The van der Waals surface area contributed by atoms with Crippen LogP contribution in [0.1, 0.15) is 24.6 Å². The van der Waals surface area contributed by atoms with Crippen LogP contribution >= 0.6 is 11.6 Å². The first-order chi connectivity index (χ1) is 10.7. The topological polar surface area (TPSA) is 25.2 Å². The molecule has 0 atom stereocenters. The number of nitrogens with zero attached hydrogens (tertiary/aromatic N) is 2. The maximum atomic E-state index is 6.00. The molecule has 0 unspecified atom stereocenters. The van der Waals surface area contributed by atoms with Crippen LogP contribution in [-0.4, -0.2) is 17.7 Å². The van der Waals surface area contributed by atoms with Crippen LogP contribution in [-0.2, 0) is 0 Å². The van der Waals surface area contributed by atoms with Crippen molar-refractivity contribution in [1.29, 1.82) is 0 Å². The lowest BCUT2D eigenvalue weighted by molar-refractivity contribution is 1.15. The molecule has 0 amide bonds. The van der Waals surface area contributed by atoms with Crippen LogP contribution in [0.2, 0.25) is 5.02 Å². The Bertz CT molecular complexity index is 700. The van der Waals surface area contributed by atoms with Gasteiger partial charge in [0, 0.05) is 18.3 Å². The largest absolute Gasteiger partial charge is 0.286 e. The summed E-state index contributed by atoms with van der Waals surface area (Å²) in [6.45, 7) is 2.12. The average molecular weight is 311 g/mol. The average Bonchev–Trinajstić information content (AvgIpc) is 2.56. The Kier molecular flexibility index (Phi) is 6.11. The lowest BCUT2D eigenvalue weighted by Gasteiger charge is -2.03. The first kappa shape index (κ1) is 16.2. The number of allylic oxidation sites excluding steroid dienone is 3. The minimum absolute atomic E-state index is 0.744. The molecule has 0 saturated carbocycles. The van der Waals surface area contributed by atoms with Gasteiger partial charge in [-0.05, 0) is 47.9 Å². The van der Waals surface area contributed by atoms with Crippen molar-refractivity contribution in [3.05, 3.63) is 82.7 Å². The summed E-state index contributed by atoms with van der Waals surface area (Å²) in [5.74, 6) is 0. The van der Waals surface area contributed by atoms with Crippen LogP contribution in [0, 0.1) is 0 Å². The molecule has 2 rings (SSSR count). The molecule has 0 spiro atoms. The smallest absolute Gasteiger partial charge is 0.0881 e. The van der Waals surface area contributed by atoms with Crippen LogP contribution in [0.4, 0.5) is 0 Å². The third-order valence-electron chi connectivity index (χ3n) is 3.24. The zero-order valence-corrected chi connectivity index (χ0v) is 13.6. The summed E-state index contributed by atoms with van der Waals surface area (Å²) in [7, 11) is 1.79. The molecule has 0 bridgehead atoms. The van der Waals surface area contributed by atoms with E-state index in [0.717, 1.165) is 28.4 Å². The Morgan fingerprint density at radius 1 is 1.23 bits per heavy atom. The normalized spacial score (nSPS) is 12.9. The summed E-state index contributed by atoms with van der Waals surface area (Å²) < 4.78 is 0. The summed E-state index contributed by atoms with van der Waals surface area (Å²) in [5.41, 5.74) is 4.03. The van der Waals surface area contributed by atoms with Crippen molar-refractivity contribution in [2.24, 2.45) is 4.99 Å². The fourth-order valence-corrected chi connectivity index (χ4v) is 2.22. The van der Waals surface area contributed by atoms with Crippen molar-refractivity contribution >= 4 is 23.4 Å². The molecular weight excluding hydrogens is 292 g/mol. The first-order valence-electron chi connectivity index (χ1n) is 7.25. The van der Waals surface area contributed by atoms with E-state index >= 15 is 0 Å². The number of rotatable bonds is 5. The molecule has 0 fully saturated rings. The molecule has 1 heterocycles. The van der Waals surface area contributed by atoms with Crippen LogP contribution < -0.4 is 0 Å². The van der Waals surface area contributed by atoms with Gasteiger partial charge in [-0.25, -0.2) is 0 Å². The van der Waals surface area contributed by atoms with Crippen molar-refractivity contribution in [2.75, 3.05) is 7.05 Å². The molecule has 1 aromatic carbocycles. The number of pyridine rings is 1. The van der Waals surface area contributed by atoms with Crippen LogP contribution in [0.3, 0.4) is 0 Å². The highest BCUT2D eigenvalue weighted by molar-refractivity contribution is 6.30. The standard InChI is InChI=1S/C19H19ClN2/c1-3-15(10-11-16-7-6-8-17(20)13-16)14-19(21-2)18-9-4-5-12-22-18/h4-14H,3H2,1-2H3/b11-10-,15-14+,21-19?. The molecule has 0 aliphatic rings. The molecule has 0 N–H and O–H groups in total. The van der Waals surface area contributed by atoms with Crippen LogP contribution in [0.25, 0.3) is 6.08 Å². The highest BCUT2D eigenvalue weighted by atomic mass is 35.5. The molecule has 3 heteroatoms. The molecule has 0 radical (unpaired) electrons. The highest BCUT2D eigenvalue weighted by Crippen LogP contribution is 2.14. The summed E-state index contributed by atoms with van der Waals surface area (Å²) >= 11 is 6.00. The summed E-state index contributed by atoms with van der Waals surface area (Å²) in [4.78, 5) is 8.69.